The van der Waals surface area contributed by atoms with Crippen LogP contribution in [0.3, 0.4) is 0 Å². The molecule has 150 valence electrons. The van der Waals surface area contributed by atoms with Crippen molar-refractivity contribution in [3.05, 3.63) is 76.3 Å². The first kappa shape index (κ1) is 20.1. The normalized spacial score (nSPS) is 11.2. The zero-order valence-corrected chi connectivity index (χ0v) is 14.6. The maximum atomic E-state index is 13.6. The number of hydrogen-bond donors (Lipinski definition) is 2. The highest BCUT2D eigenvalue weighted by atomic mass is 19.2. The molecule has 0 aliphatic carbocycles. The Bertz CT molecular complexity index is 1110. The Morgan fingerprint density at radius 1 is 1.00 bits per heavy atom. The molecule has 0 saturated carbocycles. The van der Waals surface area contributed by atoms with Crippen LogP contribution in [-0.2, 0) is 0 Å². The van der Waals surface area contributed by atoms with E-state index in [4.69, 9.17) is 9.52 Å². The van der Waals surface area contributed by atoms with Gasteiger partial charge in [-0.05, 0) is 36.8 Å². The third-order valence-corrected chi connectivity index (χ3v) is 3.95. The first-order valence-corrected chi connectivity index (χ1v) is 7.95. The summed E-state index contributed by atoms with van der Waals surface area (Å²) in [5.41, 5.74) is 1.72. The molecule has 0 aliphatic rings. The van der Waals surface area contributed by atoms with Crippen molar-refractivity contribution in [3.8, 4) is 11.3 Å². The number of nitrogens with zero attached hydrogens (tertiary/aromatic N) is 1. The molecule has 0 fully saturated rings. The number of hydrazone groups is 1. The average Bonchev–Trinajstić information content (AvgIpc) is 3.16. The fourth-order valence-corrected chi connectivity index (χ4v) is 2.45. The minimum absolute atomic E-state index is 0.0465. The lowest BCUT2D eigenvalue weighted by molar-refractivity contribution is 0.0697. The number of halogens is 5. The molecule has 2 N–H and O–H groups in total. The van der Waals surface area contributed by atoms with Crippen LogP contribution in [-0.4, -0.2) is 17.3 Å². The Labute approximate surface area is 160 Å². The molecule has 10 heteroatoms. The van der Waals surface area contributed by atoms with Crippen molar-refractivity contribution < 1.29 is 36.3 Å². The van der Waals surface area contributed by atoms with E-state index in [0.29, 0.717) is 11.3 Å². The summed E-state index contributed by atoms with van der Waals surface area (Å²) in [4.78, 5) is 11.1. The first-order valence-electron chi connectivity index (χ1n) is 7.95. The van der Waals surface area contributed by atoms with Crippen LogP contribution in [0.15, 0.2) is 39.9 Å². The molecule has 0 saturated heterocycles. The summed E-state index contributed by atoms with van der Waals surface area (Å²) < 4.78 is 71.9. The molecule has 0 amide bonds. The van der Waals surface area contributed by atoms with Crippen LogP contribution >= 0.6 is 0 Å². The number of anilines is 1. The SMILES string of the molecule is Cc1ccc(C(=O)O)cc1-c1ccc(/C=N/Nc2c(F)c(F)c(F)c(F)c2F)o1. The molecule has 0 spiro atoms. The first-order chi connectivity index (χ1) is 13.7. The summed E-state index contributed by atoms with van der Waals surface area (Å²) in [6.45, 7) is 1.74. The number of hydrogen-bond acceptors (Lipinski definition) is 4. The third kappa shape index (κ3) is 3.82. The van der Waals surface area contributed by atoms with E-state index in [-0.39, 0.29) is 11.3 Å². The fourth-order valence-electron chi connectivity index (χ4n) is 2.45. The molecule has 29 heavy (non-hydrogen) atoms. The van der Waals surface area contributed by atoms with E-state index in [9.17, 15) is 26.7 Å². The smallest absolute Gasteiger partial charge is 0.335 e. The van der Waals surface area contributed by atoms with Gasteiger partial charge in [-0.3, -0.25) is 5.43 Å². The van der Waals surface area contributed by atoms with E-state index in [0.717, 1.165) is 11.8 Å². The van der Waals surface area contributed by atoms with Gasteiger partial charge in [0, 0.05) is 5.56 Å². The highest BCUT2D eigenvalue weighted by molar-refractivity contribution is 5.89. The molecule has 0 aliphatic heterocycles. The molecular weight excluding hydrogens is 399 g/mol. The second-order valence-electron chi connectivity index (χ2n) is 5.85. The zero-order valence-electron chi connectivity index (χ0n) is 14.6. The topological polar surface area (TPSA) is 74.8 Å². The van der Waals surface area contributed by atoms with Crippen LogP contribution < -0.4 is 5.43 Å². The molecular formula is C19H11F5N2O3. The van der Waals surface area contributed by atoms with Gasteiger partial charge in [-0.25, -0.2) is 26.7 Å². The molecule has 1 aromatic heterocycles. The van der Waals surface area contributed by atoms with Gasteiger partial charge in [0.2, 0.25) is 5.82 Å². The quantitative estimate of drug-likeness (QED) is 0.202. The number of nitrogens with one attached hydrogen (secondary N) is 1. The van der Waals surface area contributed by atoms with Gasteiger partial charge >= 0.3 is 5.97 Å². The van der Waals surface area contributed by atoms with Gasteiger partial charge < -0.3 is 9.52 Å². The Morgan fingerprint density at radius 2 is 1.62 bits per heavy atom. The van der Waals surface area contributed by atoms with Gasteiger partial charge in [-0.1, -0.05) is 6.07 Å². The minimum Gasteiger partial charge on any atom is -0.478 e. The van der Waals surface area contributed by atoms with Crippen LogP contribution in [0.2, 0.25) is 0 Å². The number of rotatable bonds is 5. The van der Waals surface area contributed by atoms with E-state index in [2.05, 4.69) is 5.10 Å². The van der Waals surface area contributed by atoms with Crippen molar-refractivity contribution in [2.24, 2.45) is 5.10 Å². The lowest BCUT2D eigenvalue weighted by Crippen LogP contribution is -2.06. The van der Waals surface area contributed by atoms with E-state index >= 15 is 0 Å². The van der Waals surface area contributed by atoms with Crippen LogP contribution in [0.1, 0.15) is 21.7 Å². The Hall–Kier alpha value is -3.69. The van der Waals surface area contributed by atoms with Gasteiger partial charge in [0.15, 0.2) is 23.3 Å². The summed E-state index contributed by atoms with van der Waals surface area (Å²) in [6, 6.07) is 7.37. The Kier molecular flexibility index (Phi) is 5.35. The standard InChI is InChI=1S/C19H11F5N2O3/c1-8-2-3-9(19(27)28)6-11(8)12-5-4-10(29-12)7-25-26-18-16(23)14(21)13(20)15(22)17(18)24/h2-7,26H,1H3,(H,27,28)/b25-7+. The van der Waals surface area contributed by atoms with Crippen molar-refractivity contribution in [1.82, 2.24) is 0 Å². The van der Waals surface area contributed by atoms with Crippen molar-refractivity contribution >= 4 is 17.9 Å². The number of aryl methyl sites for hydroxylation is 1. The fraction of sp³-hybridized carbons (Fsp3) is 0.0526. The lowest BCUT2D eigenvalue weighted by atomic mass is 10.0. The average molecular weight is 410 g/mol. The number of carboxylic acids is 1. The van der Waals surface area contributed by atoms with E-state index in [1.165, 1.54) is 24.3 Å². The van der Waals surface area contributed by atoms with Crippen LogP contribution in [0, 0.1) is 36.0 Å². The minimum atomic E-state index is -2.27. The summed E-state index contributed by atoms with van der Waals surface area (Å²) >= 11 is 0. The summed E-state index contributed by atoms with van der Waals surface area (Å²) in [5, 5.41) is 12.5. The molecule has 3 rings (SSSR count). The molecule has 0 atom stereocenters. The molecule has 0 bridgehead atoms. The molecule has 5 nitrogen and oxygen atoms in total. The summed E-state index contributed by atoms with van der Waals surface area (Å²) in [5.74, 6) is -11.3. The predicted molar refractivity (Wildman–Crippen MR) is 93.3 cm³/mol. The molecule has 2 aromatic carbocycles. The molecule has 3 aromatic rings. The molecule has 0 radical (unpaired) electrons. The Morgan fingerprint density at radius 3 is 2.24 bits per heavy atom. The summed E-state index contributed by atoms with van der Waals surface area (Å²) in [7, 11) is 0. The maximum absolute atomic E-state index is 13.6. The van der Waals surface area contributed by atoms with E-state index in [1.54, 1.807) is 18.4 Å². The van der Waals surface area contributed by atoms with E-state index in [1.807, 2.05) is 0 Å². The predicted octanol–water partition coefficient (Wildman–Crippen LogP) is 5.09. The second kappa shape index (κ2) is 7.74. The van der Waals surface area contributed by atoms with E-state index < -0.39 is 40.7 Å². The third-order valence-electron chi connectivity index (χ3n) is 3.95. The van der Waals surface area contributed by atoms with Crippen molar-refractivity contribution in [3.63, 3.8) is 0 Å². The Balaban J connectivity index is 1.84. The van der Waals surface area contributed by atoms with Crippen molar-refractivity contribution in [1.29, 1.82) is 0 Å². The van der Waals surface area contributed by atoms with Crippen molar-refractivity contribution in [2.45, 2.75) is 6.92 Å². The number of furan rings is 1. The monoisotopic (exact) mass is 410 g/mol. The van der Waals surface area contributed by atoms with Crippen LogP contribution in [0.25, 0.3) is 11.3 Å². The van der Waals surface area contributed by atoms with Gasteiger partial charge in [0.05, 0.1) is 11.8 Å². The highest BCUT2D eigenvalue weighted by Gasteiger charge is 2.25. The highest BCUT2D eigenvalue weighted by Crippen LogP contribution is 2.28. The van der Waals surface area contributed by atoms with Crippen LogP contribution in [0.4, 0.5) is 27.6 Å². The van der Waals surface area contributed by atoms with Crippen LogP contribution in [0.5, 0.6) is 0 Å². The van der Waals surface area contributed by atoms with Crippen molar-refractivity contribution in [2.75, 3.05) is 5.43 Å². The summed E-state index contributed by atoms with van der Waals surface area (Å²) in [6.07, 6.45) is 0.956. The largest absolute Gasteiger partial charge is 0.478 e. The molecule has 1 heterocycles. The van der Waals surface area contributed by atoms with Gasteiger partial charge in [-0.2, -0.15) is 5.10 Å². The maximum Gasteiger partial charge on any atom is 0.335 e. The van der Waals surface area contributed by atoms with Gasteiger partial charge in [-0.15, -0.1) is 0 Å². The molecule has 0 unspecified atom stereocenters. The number of benzene rings is 2. The second-order valence-corrected chi connectivity index (χ2v) is 5.85. The van der Waals surface area contributed by atoms with Gasteiger partial charge in [0.25, 0.3) is 0 Å². The number of aromatic carboxylic acids is 1. The number of carbonyl (C=O) groups is 1. The zero-order chi connectivity index (χ0) is 21.3. The van der Waals surface area contributed by atoms with Gasteiger partial charge in [0.1, 0.15) is 17.2 Å². The number of carboxylic acid groups (broad SMARTS) is 1. The lowest BCUT2D eigenvalue weighted by Gasteiger charge is -2.06.